The normalized spacial score (nSPS) is 15.9. The molecular formula is C15H14BrN3O2. The van der Waals surface area contributed by atoms with E-state index in [4.69, 9.17) is 10.5 Å². The Hall–Kier alpha value is -2.08. The summed E-state index contributed by atoms with van der Waals surface area (Å²) in [5, 5.41) is 0. The van der Waals surface area contributed by atoms with Crippen molar-refractivity contribution in [1.29, 1.82) is 0 Å². The third-order valence-corrected chi connectivity index (χ3v) is 3.71. The Morgan fingerprint density at radius 2 is 2.19 bits per heavy atom. The first-order valence-electron chi connectivity index (χ1n) is 6.43. The van der Waals surface area contributed by atoms with Crippen LogP contribution < -0.4 is 16.0 Å². The van der Waals surface area contributed by atoms with Crippen LogP contribution in [0, 0.1) is 0 Å². The zero-order valence-electron chi connectivity index (χ0n) is 11.6. The number of hydrogen-bond acceptors (Lipinski definition) is 4. The first kappa shape index (κ1) is 13.9. The van der Waals surface area contributed by atoms with Gasteiger partial charge in [0.1, 0.15) is 5.60 Å². The average Bonchev–Trinajstić information content (AvgIpc) is 2.41. The highest BCUT2D eigenvalue weighted by molar-refractivity contribution is 9.10. The molecule has 1 aliphatic heterocycles. The van der Waals surface area contributed by atoms with Gasteiger partial charge in [0.2, 0.25) is 5.88 Å². The van der Waals surface area contributed by atoms with Crippen molar-refractivity contribution in [3.05, 3.63) is 57.1 Å². The van der Waals surface area contributed by atoms with Crippen LogP contribution in [0.15, 0.2) is 45.9 Å². The van der Waals surface area contributed by atoms with Gasteiger partial charge in [-0.2, -0.15) is 0 Å². The van der Waals surface area contributed by atoms with E-state index in [-0.39, 0.29) is 5.56 Å². The summed E-state index contributed by atoms with van der Waals surface area (Å²) >= 11 is 3.24. The van der Waals surface area contributed by atoms with Crippen LogP contribution in [0.3, 0.4) is 0 Å². The Morgan fingerprint density at radius 1 is 1.43 bits per heavy atom. The second-order valence-electron chi connectivity index (χ2n) is 5.39. The second kappa shape index (κ2) is 4.73. The summed E-state index contributed by atoms with van der Waals surface area (Å²) in [6.07, 6.45) is 5.16. The van der Waals surface area contributed by atoms with Crippen molar-refractivity contribution in [2.24, 2.45) is 0 Å². The number of ether oxygens (including phenoxy) is 1. The van der Waals surface area contributed by atoms with Gasteiger partial charge in [-0.15, -0.1) is 0 Å². The maximum Gasteiger partial charge on any atom is 0.269 e. The van der Waals surface area contributed by atoms with Gasteiger partial charge >= 0.3 is 0 Å². The van der Waals surface area contributed by atoms with Gasteiger partial charge in [0, 0.05) is 18.1 Å². The van der Waals surface area contributed by atoms with Crippen LogP contribution in [0.2, 0.25) is 0 Å². The van der Waals surface area contributed by atoms with Crippen LogP contribution in [-0.2, 0) is 0 Å². The fourth-order valence-corrected chi connectivity index (χ4v) is 2.75. The lowest BCUT2D eigenvalue weighted by Crippen LogP contribution is -2.32. The lowest BCUT2D eigenvalue weighted by Gasteiger charge is -2.30. The molecule has 0 radical (unpaired) electrons. The van der Waals surface area contributed by atoms with E-state index >= 15 is 0 Å². The number of hydrogen-bond donors (Lipinski definition) is 1. The van der Waals surface area contributed by atoms with Gasteiger partial charge in [0.05, 0.1) is 15.7 Å². The Morgan fingerprint density at radius 3 is 2.95 bits per heavy atom. The number of rotatable bonds is 1. The third-order valence-electron chi connectivity index (χ3n) is 3.15. The van der Waals surface area contributed by atoms with Crippen molar-refractivity contribution in [3.8, 4) is 5.88 Å². The van der Waals surface area contributed by atoms with E-state index in [1.165, 1.54) is 4.57 Å². The fourth-order valence-electron chi connectivity index (χ4n) is 2.30. The molecule has 3 heterocycles. The molecule has 0 aliphatic carbocycles. The van der Waals surface area contributed by atoms with Gasteiger partial charge in [-0.1, -0.05) is 0 Å². The van der Waals surface area contributed by atoms with Crippen LogP contribution in [-0.4, -0.2) is 15.2 Å². The molecule has 0 amide bonds. The van der Waals surface area contributed by atoms with Crippen LogP contribution in [0.1, 0.15) is 19.4 Å². The minimum atomic E-state index is -0.562. The summed E-state index contributed by atoms with van der Waals surface area (Å²) in [7, 11) is 0. The number of fused-ring (bicyclic) bond motifs is 1. The predicted molar refractivity (Wildman–Crippen MR) is 85.1 cm³/mol. The summed E-state index contributed by atoms with van der Waals surface area (Å²) in [5.41, 5.74) is 7.09. The highest BCUT2D eigenvalue weighted by Gasteiger charge is 2.28. The number of nitrogens with zero attached hydrogens (tertiary/aromatic N) is 2. The summed E-state index contributed by atoms with van der Waals surface area (Å²) in [6.45, 7) is 3.83. The van der Waals surface area contributed by atoms with Crippen LogP contribution in [0.5, 0.6) is 5.88 Å². The molecule has 0 fully saturated rings. The van der Waals surface area contributed by atoms with E-state index < -0.39 is 5.60 Å². The maximum atomic E-state index is 12.4. The Kier molecular flexibility index (Phi) is 3.13. The number of nitrogen functional groups attached to an aromatic ring is 1. The minimum absolute atomic E-state index is 0.178. The molecule has 0 saturated carbocycles. The molecule has 6 heteroatoms. The van der Waals surface area contributed by atoms with E-state index in [9.17, 15) is 4.79 Å². The topological polar surface area (TPSA) is 70.1 Å². The SMILES string of the molecule is CC1(C)C=C(n2cc(N)cc(Br)c2=O)c2cccnc2O1. The van der Waals surface area contributed by atoms with Crippen molar-refractivity contribution in [2.45, 2.75) is 19.4 Å². The molecule has 21 heavy (non-hydrogen) atoms. The smallest absolute Gasteiger partial charge is 0.269 e. The van der Waals surface area contributed by atoms with E-state index in [1.54, 1.807) is 24.5 Å². The Bertz CT molecular complexity index is 809. The summed E-state index contributed by atoms with van der Waals surface area (Å²) < 4.78 is 7.76. The molecule has 108 valence electrons. The highest BCUT2D eigenvalue weighted by atomic mass is 79.9. The van der Waals surface area contributed by atoms with Gasteiger partial charge in [-0.3, -0.25) is 9.36 Å². The first-order chi connectivity index (χ1) is 9.87. The maximum absolute atomic E-state index is 12.4. The molecule has 2 N–H and O–H groups in total. The summed E-state index contributed by atoms with van der Waals surface area (Å²) in [6, 6.07) is 5.27. The number of halogens is 1. The van der Waals surface area contributed by atoms with Crippen molar-refractivity contribution < 1.29 is 4.74 Å². The van der Waals surface area contributed by atoms with Crippen molar-refractivity contribution >= 4 is 27.3 Å². The zero-order valence-corrected chi connectivity index (χ0v) is 13.2. The zero-order chi connectivity index (χ0) is 15.2. The molecule has 0 atom stereocenters. The average molecular weight is 348 g/mol. The predicted octanol–water partition coefficient (Wildman–Crippen LogP) is 2.65. The van der Waals surface area contributed by atoms with Gasteiger partial charge in [-0.05, 0) is 54.1 Å². The largest absolute Gasteiger partial charge is 0.467 e. The lowest BCUT2D eigenvalue weighted by molar-refractivity contribution is 0.149. The fraction of sp³-hybridized carbons (Fsp3) is 0.200. The van der Waals surface area contributed by atoms with Crippen molar-refractivity contribution in [2.75, 3.05) is 5.73 Å². The molecule has 0 saturated heterocycles. The van der Waals surface area contributed by atoms with E-state index in [1.807, 2.05) is 26.0 Å². The van der Waals surface area contributed by atoms with E-state index in [0.29, 0.717) is 21.7 Å². The molecule has 0 aromatic carbocycles. The monoisotopic (exact) mass is 347 g/mol. The highest BCUT2D eigenvalue weighted by Crippen LogP contribution is 2.34. The van der Waals surface area contributed by atoms with E-state index in [2.05, 4.69) is 20.9 Å². The third kappa shape index (κ3) is 2.47. The molecule has 1 aliphatic rings. The molecule has 2 aromatic rings. The molecule has 0 spiro atoms. The molecule has 5 nitrogen and oxygen atoms in total. The molecule has 3 rings (SSSR count). The van der Waals surface area contributed by atoms with Gasteiger partial charge in [0.25, 0.3) is 5.56 Å². The van der Waals surface area contributed by atoms with Gasteiger partial charge < -0.3 is 10.5 Å². The summed E-state index contributed by atoms with van der Waals surface area (Å²) in [4.78, 5) is 16.6. The minimum Gasteiger partial charge on any atom is -0.467 e. The van der Waals surface area contributed by atoms with E-state index in [0.717, 1.165) is 5.56 Å². The number of aromatic nitrogens is 2. The molecule has 0 unspecified atom stereocenters. The van der Waals surface area contributed by atoms with Gasteiger partial charge in [0.15, 0.2) is 0 Å². The molecular weight excluding hydrogens is 334 g/mol. The standard InChI is InChI=1S/C15H14BrN3O2/c1-15(2)7-12(10-4-3-5-18-13(10)21-15)19-8-9(17)6-11(16)14(19)20/h3-8H,17H2,1-2H3. The van der Waals surface area contributed by atoms with Crippen LogP contribution in [0.4, 0.5) is 5.69 Å². The lowest BCUT2D eigenvalue weighted by atomic mass is 10.0. The molecule has 2 aromatic heterocycles. The second-order valence-corrected chi connectivity index (χ2v) is 6.24. The number of nitrogens with two attached hydrogens (primary N) is 1. The van der Waals surface area contributed by atoms with Crippen molar-refractivity contribution in [3.63, 3.8) is 0 Å². The Balaban J connectivity index is 2.30. The number of pyridine rings is 2. The summed E-state index contributed by atoms with van der Waals surface area (Å²) in [5.74, 6) is 0.505. The van der Waals surface area contributed by atoms with Crippen LogP contribution in [0.25, 0.3) is 5.70 Å². The van der Waals surface area contributed by atoms with Crippen molar-refractivity contribution in [1.82, 2.24) is 9.55 Å². The van der Waals surface area contributed by atoms with Gasteiger partial charge in [-0.25, -0.2) is 4.98 Å². The Labute approximate surface area is 130 Å². The molecule has 0 bridgehead atoms. The van der Waals surface area contributed by atoms with Crippen LogP contribution >= 0.6 is 15.9 Å². The number of anilines is 1. The quantitative estimate of drug-likeness (QED) is 0.860. The first-order valence-corrected chi connectivity index (χ1v) is 7.22.